The zero-order valence-corrected chi connectivity index (χ0v) is 17.7. The van der Waals surface area contributed by atoms with Gasteiger partial charge in [-0.25, -0.2) is 0 Å². The number of hydrogen-bond donors (Lipinski definition) is 2. The Balaban J connectivity index is 1.39. The summed E-state index contributed by atoms with van der Waals surface area (Å²) in [5, 5.41) is 15.8. The number of amides is 1. The summed E-state index contributed by atoms with van der Waals surface area (Å²) in [7, 11) is 0. The number of carbonyl (C=O) groups excluding carboxylic acids is 1. The predicted molar refractivity (Wildman–Crippen MR) is 121 cm³/mol. The van der Waals surface area contributed by atoms with Crippen molar-refractivity contribution in [2.45, 2.75) is 24.7 Å². The van der Waals surface area contributed by atoms with Crippen molar-refractivity contribution in [1.29, 1.82) is 0 Å². The standard InChI is InChI=1S/C23H23N5O2S/c29-22(25-16-20-12-7-14-30-20)13-15-31-23-27-26-21(17-24-18-8-3-1-4-9-18)28(23)19-10-5-2-6-11-19/h1-12,14,24H,13,15-17H2,(H,25,29). The minimum absolute atomic E-state index is 0.0272. The van der Waals surface area contributed by atoms with E-state index in [1.54, 1.807) is 12.3 Å². The molecule has 4 rings (SSSR count). The molecule has 2 aromatic carbocycles. The minimum Gasteiger partial charge on any atom is -0.467 e. The van der Waals surface area contributed by atoms with Crippen molar-refractivity contribution in [2.24, 2.45) is 0 Å². The summed E-state index contributed by atoms with van der Waals surface area (Å²) in [4.78, 5) is 12.1. The molecule has 0 bridgehead atoms. The van der Waals surface area contributed by atoms with Crippen LogP contribution in [0.15, 0.2) is 88.6 Å². The van der Waals surface area contributed by atoms with Gasteiger partial charge in [0.25, 0.3) is 0 Å². The first-order chi connectivity index (χ1) is 15.3. The molecule has 2 N–H and O–H groups in total. The highest BCUT2D eigenvalue weighted by Crippen LogP contribution is 2.23. The van der Waals surface area contributed by atoms with Crippen LogP contribution in [-0.2, 0) is 17.9 Å². The highest BCUT2D eigenvalue weighted by atomic mass is 32.2. The van der Waals surface area contributed by atoms with Gasteiger partial charge in [-0.05, 0) is 36.4 Å². The second kappa shape index (κ2) is 10.5. The fraction of sp³-hybridized carbons (Fsp3) is 0.174. The van der Waals surface area contributed by atoms with E-state index in [4.69, 9.17) is 4.42 Å². The Morgan fingerprint density at radius 2 is 1.71 bits per heavy atom. The maximum Gasteiger partial charge on any atom is 0.221 e. The number of furan rings is 1. The molecule has 2 heterocycles. The summed E-state index contributed by atoms with van der Waals surface area (Å²) in [6.45, 7) is 0.933. The van der Waals surface area contributed by atoms with Crippen molar-refractivity contribution in [3.05, 3.63) is 90.6 Å². The normalized spacial score (nSPS) is 10.7. The SMILES string of the molecule is O=C(CCSc1nnc(CNc2ccccc2)n1-c1ccccc1)NCc1ccco1. The van der Waals surface area contributed by atoms with Gasteiger partial charge in [-0.2, -0.15) is 0 Å². The summed E-state index contributed by atoms with van der Waals surface area (Å²) in [6, 6.07) is 23.6. The Morgan fingerprint density at radius 1 is 0.935 bits per heavy atom. The third-order valence-electron chi connectivity index (χ3n) is 4.54. The van der Waals surface area contributed by atoms with Gasteiger partial charge in [-0.1, -0.05) is 48.2 Å². The van der Waals surface area contributed by atoms with Crippen LogP contribution < -0.4 is 10.6 Å². The molecule has 0 aliphatic heterocycles. The summed E-state index contributed by atoms with van der Waals surface area (Å²) in [5.41, 5.74) is 2.01. The van der Waals surface area contributed by atoms with E-state index in [1.807, 2.05) is 71.3 Å². The van der Waals surface area contributed by atoms with Gasteiger partial charge < -0.3 is 15.1 Å². The molecular formula is C23H23N5O2S. The molecule has 158 valence electrons. The molecule has 8 heteroatoms. The molecule has 0 aliphatic rings. The number of thioether (sulfide) groups is 1. The smallest absolute Gasteiger partial charge is 0.221 e. The largest absolute Gasteiger partial charge is 0.467 e. The number of benzene rings is 2. The van der Waals surface area contributed by atoms with E-state index in [-0.39, 0.29) is 5.91 Å². The lowest BCUT2D eigenvalue weighted by molar-refractivity contribution is -0.120. The maximum absolute atomic E-state index is 12.1. The van der Waals surface area contributed by atoms with Crippen LogP contribution in [0.5, 0.6) is 0 Å². The third-order valence-corrected chi connectivity index (χ3v) is 5.47. The van der Waals surface area contributed by atoms with Gasteiger partial charge in [0, 0.05) is 23.5 Å². The van der Waals surface area contributed by atoms with Crippen molar-refractivity contribution in [2.75, 3.05) is 11.1 Å². The van der Waals surface area contributed by atoms with Crippen LogP contribution >= 0.6 is 11.8 Å². The van der Waals surface area contributed by atoms with E-state index in [0.29, 0.717) is 25.3 Å². The van der Waals surface area contributed by atoms with Crippen LogP contribution in [0.25, 0.3) is 5.69 Å². The van der Waals surface area contributed by atoms with Crippen LogP contribution in [0.3, 0.4) is 0 Å². The second-order valence-electron chi connectivity index (χ2n) is 6.74. The summed E-state index contributed by atoms with van der Waals surface area (Å²) >= 11 is 1.51. The average molecular weight is 434 g/mol. The lowest BCUT2D eigenvalue weighted by Gasteiger charge is -2.11. The summed E-state index contributed by atoms with van der Waals surface area (Å²) in [6.07, 6.45) is 1.97. The van der Waals surface area contributed by atoms with Gasteiger partial charge in [0.1, 0.15) is 5.76 Å². The monoisotopic (exact) mass is 433 g/mol. The van der Waals surface area contributed by atoms with Gasteiger partial charge in [-0.15, -0.1) is 10.2 Å². The van der Waals surface area contributed by atoms with Crippen molar-refractivity contribution in [3.8, 4) is 5.69 Å². The van der Waals surface area contributed by atoms with Gasteiger partial charge in [0.05, 0.1) is 19.4 Å². The number of nitrogens with one attached hydrogen (secondary N) is 2. The lowest BCUT2D eigenvalue weighted by Crippen LogP contribution is -2.22. The molecule has 4 aromatic rings. The molecule has 7 nitrogen and oxygen atoms in total. The van der Waals surface area contributed by atoms with Crippen LogP contribution in [-0.4, -0.2) is 26.4 Å². The molecule has 0 atom stereocenters. The van der Waals surface area contributed by atoms with Gasteiger partial charge in [-0.3, -0.25) is 9.36 Å². The number of para-hydroxylation sites is 2. The molecule has 0 unspecified atom stereocenters. The Bertz CT molecular complexity index is 1080. The Labute approximate surface area is 184 Å². The molecule has 0 fully saturated rings. The fourth-order valence-corrected chi connectivity index (χ4v) is 3.91. The van der Waals surface area contributed by atoms with Crippen molar-refractivity contribution in [3.63, 3.8) is 0 Å². The number of hydrogen-bond acceptors (Lipinski definition) is 6. The van der Waals surface area contributed by atoms with Crippen LogP contribution in [0.2, 0.25) is 0 Å². The average Bonchev–Trinajstić information content (AvgIpc) is 3.48. The predicted octanol–water partition coefficient (Wildman–Crippen LogP) is 4.27. The van der Waals surface area contributed by atoms with E-state index < -0.39 is 0 Å². The Kier molecular flexibility index (Phi) is 7.02. The van der Waals surface area contributed by atoms with E-state index >= 15 is 0 Å². The molecule has 0 saturated carbocycles. The molecule has 0 saturated heterocycles. The van der Waals surface area contributed by atoms with E-state index in [2.05, 4.69) is 20.8 Å². The Hall–Kier alpha value is -3.52. The quantitative estimate of drug-likeness (QED) is 0.363. The molecule has 0 radical (unpaired) electrons. The molecule has 2 aromatic heterocycles. The number of aromatic nitrogens is 3. The first-order valence-corrected chi connectivity index (χ1v) is 11.0. The second-order valence-corrected chi connectivity index (χ2v) is 7.81. The van der Waals surface area contributed by atoms with E-state index in [9.17, 15) is 4.79 Å². The van der Waals surface area contributed by atoms with E-state index in [1.165, 1.54) is 11.8 Å². The van der Waals surface area contributed by atoms with Gasteiger partial charge in [0.2, 0.25) is 5.91 Å². The number of nitrogens with zero attached hydrogens (tertiary/aromatic N) is 3. The van der Waals surface area contributed by atoms with Crippen molar-refractivity contribution >= 4 is 23.4 Å². The van der Waals surface area contributed by atoms with Crippen molar-refractivity contribution < 1.29 is 9.21 Å². The van der Waals surface area contributed by atoms with Gasteiger partial charge >= 0.3 is 0 Å². The maximum atomic E-state index is 12.1. The van der Waals surface area contributed by atoms with Gasteiger partial charge in [0.15, 0.2) is 11.0 Å². The highest BCUT2D eigenvalue weighted by molar-refractivity contribution is 7.99. The third kappa shape index (κ3) is 5.76. The fourth-order valence-electron chi connectivity index (χ4n) is 3.00. The zero-order chi connectivity index (χ0) is 21.3. The minimum atomic E-state index is -0.0272. The number of anilines is 1. The topological polar surface area (TPSA) is 85.0 Å². The van der Waals surface area contributed by atoms with E-state index in [0.717, 1.165) is 28.1 Å². The van der Waals surface area contributed by atoms with Crippen LogP contribution in [0.4, 0.5) is 5.69 Å². The molecule has 1 amide bonds. The molecule has 0 aliphatic carbocycles. The highest BCUT2D eigenvalue weighted by Gasteiger charge is 2.15. The first-order valence-electron chi connectivity index (χ1n) is 10.00. The van der Waals surface area contributed by atoms with Crippen molar-refractivity contribution in [1.82, 2.24) is 20.1 Å². The number of carbonyl (C=O) groups is 1. The summed E-state index contributed by atoms with van der Waals surface area (Å²) in [5.74, 6) is 2.11. The van der Waals surface area contributed by atoms with Crippen LogP contribution in [0.1, 0.15) is 18.0 Å². The Morgan fingerprint density at radius 3 is 2.45 bits per heavy atom. The molecule has 31 heavy (non-hydrogen) atoms. The first kappa shape index (κ1) is 20.7. The molecular weight excluding hydrogens is 410 g/mol. The summed E-state index contributed by atoms with van der Waals surface area (Å²) < 4.78 is 7.26. The zero-order valence-electron chi connectivity index (χ0n) is 16.9. The lowest BCUT2D eigenvalue weighted by atomic mass is 10.3. The van der Waals surface area contributed by atoms with Crippen LogP contribution in [0, 0.1) is 0 Å². The molecule has 0 spiro atoms. The number of rotatable bonds is 10.